The van der Waals surface area contributed by atoms with Crippen LogP contribution in [0.2, 0.25) is 0 Å². The Morgan fingerprint density at radius 3 is 2.38 bits per heavy atom. The molecule has 0 saturated carbocycles. The number of carbonyl (C=O) groups is 1. The van der Waals surface area contributed by atoms with Crippen molar-refractivity contribution in [3.05, 3.63) is 0 Å². The number of nitrogens with zero attached hydrogens (tertiary/aromatic N) is 2. The maximum absolute atomic E-state index is 12.8. The molecule has 0 spiro atoms. The van der Waals surface area contributed by atoms with Gasteiger partial charge in [0.1, 0.15) is 6.04 Å². The van der Waals surface area contributed by atoms with Crippen molar-refractivity contribution in [3.8, 4) is 0 Å². The van der Waals surface area contributed by atoms with E-state index in [0.29, 0.717) is 31.2 Å². The largest absolute Gasteiger partial charge is 0.341 e. The average Bonchev–Trinajstić information content (AvgIpc) is 2.86. The number of sulfonamides is 1. The first-order chi connectivity index (χ1) is 9.85. The monoisotopic (exact) mass is 316 g/mol. The van der Waals surface area contributed by atoms with Crippen molar-refractivity contribution in [2.24, 2.45) is 11.8 Å². The molecule has 6 heteroatoms. The first-order valence-corrected chi connectivity index (χ1v) is 9.74. The van der Waals surface area contributed by atoms with Gasteiger partial charge in [0.05, 0.1) is 5.75 Å². The highest BCUT2D eigenvalue weighted by atomic mass is 32.2. The lowest BCUT2D eigenvalue weighted by atomic mass is 9.91. The third-order valence-electron chi connectivity index (χ3n) is 4.49. The Morgan fingerprint density at radius 2 is 1.81 bits per heavy atom. The van der Waals surface area contributed by atoms with E-state index in [-0.39, 0.29) is 11.7 Å². The zero-order chi connectivity index (χ0) is 15.6. The van der Waals surface area contributed by atoms with E-state index in [1.807, 2.05) is 11.8 Å². The van der Waals surface area contributed by atoms with Gasteiger partial charge >= 0.3 is 0 Å². The lowest BCUT2D eigenvalue weighted by Crippen LogP contribution is -2.52. The van der Waals surface area contributed by atoms with Crippen molar-refractivity contribution in [1.82, 2.24) is 9.21 Å². The van der Waals surface area contributed by atoms with Crippen molar-refractivity contribution >= 4 is 15.9 Å². The molecule has 0 bridgehead atoms. The van der Waals surface area contributed by atoms with E-state index in [9.17, 15) is 13.2 Å². The molecule has 2 saturated heterocycles. The summed E-state index contributed by atoms with van der Waals surface area (Å²) in [6.07, 6.45) is 3.20. The molecule has 3 unspecified atom stereocenters. The van der Waals surface area contributed by atoms with Crippen LogP contribution in [0.25, 0.3) is 0 Å². The molecule has 0 aromatic rings. The van der Waals surface area contributed by atoms with Crippen molar-refractivity contribution < 1.29 is 13.2 Å². The molecule has 1 amide bonds. The summed E-state index contributed by atoms with van der Waals surface area (Å²) >= 11 is 0. The van der Waals surface area contributed by atoms with E-state index < -0.39 is 16.1 Å². The molecule has 2 rings (SSSR count). The first-order valence-electron chi connectivity index (χ1n) is 8.13. The third-order valence-corrected chi connectivity index (χ3v) is 6.56. The highest BCUT2D eigenvalue weighted by molar-refractivity contribution is 7.89. The molecule has 2 aliphatic rings. The number of likely N-dealkylation sites (tertiary alicyclic amines) is 1. The summed E-state index contributed by atoms with van der Waals surface area (Å²) in [5.41, 5.74) is 0. The van der Waals surface area contributed by atoms with E-state index in [0.717, 1.165) is 25.9 Å². The van der Waals surface area contributed by atoms with Crippen LogP contribution >= 0.6 is 0 Å². The fourth-order valence-corrected chi connectivity index (χ4v) is 5.49. The number of piperidine rings is 1. The van der Waals surface area contributed by atoms with Gasteiger partial charge in [0.2, 0.25) is 15.9 Å². The molecule has 2 heterocycles. The summed E-state index contributed by atoms with van der Waals surface area (Å²) in [5, 5.41) is 0. The van der Waals surface area contributed by atoms with Gasteiger partial charge in [-0.05, 0) is 37.5 Å². The van der Waals surface area contributed by atoms with E-state index in [2.05, 4.69) is 13.8 Å². The van der Waals surface area contributed by atoms with Crippen LogP contribution in [0.15, 0.2) is 0 Å². The lowest BCUT2D eigenvalue weighted by Gasteiger charge is -2.37. The Hall–Kier alpha value is -0.620. The summed E-state index contributed by atoms with van der Waals surface area (Å²) in [7, 11) is -3.28. The number of rotatable bonds is 4. The Bertz CT molecular complexity index is 467. The molecule has 122 valence electrons. The Kier molecular flexibility index (Phi) is 5.30. The molecule has 5 nitrogen and oxygen atoms in total. The second-order valence-corrected chi connectivity index (χ2v) is 8.82. The molecule has 21 heavy (non-hydrogen) atoms. The van der Waals surface area contributed by atoms with Gasteiger partial charge < -0.3 is 4.90 Å². The van der Waals surface area contributed by atoms with Crippen molar-refractivity contribution in [1.29, 1.82) is 0 Å². The number of carbonyl (C=O) groups excluding carboxylic acids is 1. The molecule has 0 aromatic heterocycles. The fourth-order valence-electron chi connectivity index (χ4n) is 3.75. The van der Waals surface area contributed by atoms with Gasteiger partial charge in [-0.2, -0.15) is 4.31 Å². The Labute approximate surface area is 128 Å². The number of hydrogen-bond donors (Lipinski definition) is 0. The van der Waals surface area contributed by atoms with E-state index in [1.165, 1.54) is 4.31 Å². The summed E-state index contributed by atoms with van der Waals surface area (Å²) in [5.74, 6) is 1.16. The van der Waals surface area contributed by atoms with Gasteiger partial charge in [-0.3, -0.25) is 4.79 Å². The third kappa shape index (κ3) is 3.77. The number of amides is 1. The normalized spacial score (nSPS) is 31.6. The molecule has 2 fully saturated rings. The van der Waals surface area contributed by atoms with E-state index >= 15 is 0 Å². The van der Waals surface area contributed by atoms with E-state index in [1.54, 1.807) is 0 Å². The van der Waals surface area contributed by atoms with Gasteiger partial charge in [0, 0.05) is 19.6 Å². The summed E-state index contributed by atoms with van der Waals surface area (Å²) in [4.78, 5) is 14.7. The average molecular weight is 316 g/mol. The summed E-state index contributed by atoms with van der Waals surface area (Å²) in [6, 6.07) is -0.459. The van der Waals surface area contributed by atoms with E-state index in [4.69, 9.17) is 0 Å². The molecule has 0 aromatic carbocycles. The molecule has 3 atom stereocenters. The lowest BCUT2D eigenvalue weighted by molar-refractivity contribution is -0.137. The van der Waals surface area contributed by atoms with Gasteiger partial charge in [-0.1, -0.05) is 20.8 Å². The van der Waals surface area contributed by atoms with Crippen LogP contribution in [0.3, 0.4) is 0 Å². The highest BCUT2D eigenvalue weighted by Crippen LogP contribution is 2.27. The maximum Gasteiger partial charge on any atom is 0.241 e. The maximum atomic E-state index is 12.8. The van der Waals surface area contributed by atoms with Gasteiger partial charge in [-0.25, -0.2) is 8.42 Å². The number of hydrogen-bond acceptors (Lipinski definition) is 3. The zero-order valence-electron chi connectivity index (χ0n) is 13.4. The van der Waals surface area contributed by atoms with Gasteiger partial charge in [-0.15, -0.1) is 0 Å². The SMILES string of the molecule is CCCS(=O)(=O)N1CCCC1C(=O)N1CC(C)CC(C)C1. The van der Waals surface area contributed by atoms with Crippen LogP contribution in [-0.2, 0) is 14.8 Å². The van der Waals surface area contributed by atoms with Crippen LogP contribution in [0.4, 0.5) is 0 Å². The topological polar surface area (TPSA) is 57.7 Å². The smallest absolute Gasteiger partial charge is 0.241 e. The van der Waals surface area contributed by atoms with Crippen LogP contribution in [0, 0.1) is 11.8 Å². The van der Waals surface area contributed by atoms with Crippen LogP contribution in [-0.4, -0.2) is 55.0 Å². The molecular formula is C15H28N2O3S. The van der Waals surface area contributed by atoms with Crippen LogP contribution in [0.1, 0.15) is 46.5 Å². The quantitative estimate of drug-likeness (QED) is 0.793. The second kappa shape index (κ2) is 6.65. The van der Waals surface area contributed by atoms with Crippen molar-refractivity contribution in [2.75, 3.05) is 25.4 Å². The van der Waals surface area contributed by atoms with Crippen molar-refractivity contribution in [3.63, 3.8) is 0 Å². The predicted molar refractivity (Wildman–Crippen MR) is 83.3 cm³/mol. The predicted octanol–water partition coefficient (Wildman–Crippen LogP) is 1.70. The first kappa shape index (κ1) is 16.7. The standard InChI is InChI=1S/C15H28N2O3S/c1-4-8-21(19,20)17-7-5-6-14(17)15(18)16-10-12(2)9-13(3)11-16/h12-14H,4-11H2,1-3H3. The molecular weight excluding hydrogens is 288 g/mol. The Morgan fingerprint density at radius 1 is 1.19 bits per heavy atom. The fraction of sp³-hybridized carbons (Fsp3) is 0.933. The van der Waals surface area contributed by atoms with Crippen LogP contribution in [0.5, 0.6) is 0 Å². The minimum absolute atomic E-state index is 0.0191. The molecule has 0 radical (unpaired) electrons. The molecule has 2 aliphatic heterocycles. The second-order valence-electron chi connectivity index (χ2n) is 6.77. The van der Waals surface area contributed by atoms with Crippen molar-refractivity contribution in [2.45, 2.75) is 52.5 Å². The van der Waals surface area contributed by atoms with Gasteiger partial charge in [0.15, 0.2) is 0 Å². The minimum Gasteiger partial charge on any atom is -0.341 e. The highest BCUT2D eigenvalue weighted by Gasteiger charge is 2.41. The summed E-state index contributed by atoms with van der Waals surface area (Å²) in [6.45, 7) is 8.21. The molecule has 0 aliphatic carbocycles. The molecule has 0 N–H and O–H groups in total. The van der Waals surface area contributed by atoms with Crippen LogP contribution < -0.4 is 0 Å². The van der Waals surface area contributed by atoms with Gasteiger partial charge in [0.25, 0.3) is 0 Å². The zero-order valence-corrected chi connectivity index (χ0v) is 14.2. The Balaban J connectivity index is 2.10. The summed E-state index contributed by atoms with van der Waals surface area (Å²) < 4.78 is 26.1. The minimum atomic E-state index is -3.28.